The van der Waals surface area contributed by atoms with E-state index in [2.05, 4.69) is 11.3 Å². The maximum atomic E-state index is 11.0. The van der Waals surface area contributed by atoms with Crippen LogP contribution in [0.5, 0.6) is 0 Å². The van der Waals surface area contributed by atoms with Gasteiger partial charge in [0.1, 0.15) is 0 Å². The Morgan fingerprint density at radius 3 is 1.30 bits per heavy atom. The van der Waals surface area contributed by atoms with Crippen LogP contribution in [0.4, 0.5) is 0 Å². The standard InChI is InChI=1S/C14H33O12P3.C8H16O8P2/c1-2-3-4-14(11-24-5-8-27(15,16)17,12-25-6-9-28(18,19)20)13-26-7-10-29(21,22)23;1-6(2)8(9)16-5-3-4-7(17(10,11)12)18(13,14)15/h2-13H2,1H3,(H2,15,16,17)(H2,18,19,20)(H2,21,22,23);7H,1,3-5H2,2H3,(H2,10,11,12)(H2,13,14,15). The van der Waals surface area contributed by atoms with Gasteiger partial charge in [-0.2, -0.15) is 0 Å². The van der Waals surface area contributed by atoms with Crippen LogP contribution < -0.4 is 0 Å². The Balaban J connectivity index is 0. The van der Waals surface area contributed by atoms with Crippen molar-refractivity contribution in [3.8, 4) is 0 Å². The van der Waals surface area contributed by atoms with Crippen molar-refractivity contribution >= 4 is 43.9 Å². The van der Waals surface area contributed by atoms with E-state index in [-0.39, 0.29) is 58.2 Å². The quantitative estimate of drug-likeness (QED) is 0.0270. The molecule has 0 aliphatic carbocycles. The highest BCUT2D eigenvalue weighted by Gasteiger charge is 2.42. The molecule has 0 rings (SSSR count). The number of hydrogen-bond acceptors (Lipinski definition) is 10. The fourth-order valence-corrected chi connectivity index (χ4v) is 7.10. The number of ether oxygens (including phenoxy) is 4. The van der Waals surface area contributed by atoms with Gasteiger partial charge in [-0.3, -0.25) is 22.8 Å². The SMILES string of the molecule is C=C(C)C(=O)OCCCC(P(=O)(O)O)P(=O)(O)O.CCCCC(COCCP(=O)(O)O)(COCCP(=O)(O)O)COCCP(=O)(O)O. The Labute approximate surface area is 273 Å². The smallest absolute Gasteiger partial charge is 0.340 e. The predicted molar refractivity (Wildman–Crippen MR) is 168 cm³/mol. The van der Waals surface area contributed by atoms with Gasteiger partial charge in [0, 0.05) is 11.0 Å². The second-order valence-electron chi connectivity index (χ2n) is 10.6. The Bertz CT molecular complexity index is 1070. The molecule has 282 valence electrons. The van der Waals surface area contributed by atoms with Crippen LogP contribution in [0.2, 0.25) is 0 Å². The minimum absolute atomic E-state index is 0.00117. The molecule has 0 aromatic carbocycles. The Hall–Kier alpha value is -0.160. The monoisotopic (exact) mass is 788 g/mol. The Kier molecular flexibility index (Phi) is 23.6. The molecule has 0 saturated carbocycles. The van der Waals surface area contributed by atoms with Crippen molar-refractivity contribution in [1.82, 2.24) is 0 Å². The summed E-state index contributed by atoms with van der Waals surface area (Å²) in [7, 11) is -22.5. The second-order valence-corrected chi connectivity index (χ2v) is 20.0. The number of unbranched alkanes of at least 4 members (excludes halogenated alkanes) is 1. The fourth-order valence-electron chi connectivity index (χ4n) is 3.40. The zero-order valence-electron chi connectivity index (χ0n) is 26.2. The van der Waals surface area contributed by atoms with E-state index in [1.165, 1.54) is 6.92 Å². The van der Waals surface area contributed by atoms with Gasteiger partial charge in [0.15, 0.2) is 5.40 Å². The van der Waals surface area contributed by atoms with Crippen molar-refractivity contribution in [2.24, 2.45) is 5.41 Å². The highest BCUT2D eigenvalue weighted by atomic mass is 31.2. The molecule has 0 heterocycles. The van der Waals surface area contributed by atoms with E-state index in [9.17, 15) is 27.6 Å². The molecule has 0 aromatic heterocycles. The fraction of sp³-hybridized carbons (Fsp3) is 0.864. The molecule has 0 bridgehead atoms. The lowest BCUT2D eigenvalue weighted by Crippen LogP contribution is -2.38. The summed E-state index contributed by atoms with van der Waals surface area (Å²) < 4.78 is 75.5. The molecule has 0 aromatic rings. The van der Waals surface area contributed by atoms with Crippen LogP contribution >= 0.6 is 38.0 Å². The third kappa shape index (κ3) is 29.3. The number of rotatable bonds is 25. The first-order valence-corrected chi connectivity index (χ1v) is 22.7. The summed E-state index contributed by atoms with van der Waals surface area (Å²) in [5.41, 5.74) is -0.633. The van der Waals surface area contributed by atoms with Crippen molar-refractivity contribution in [3.63, 3.8) is 0 Å². The topological polar surface area (TPSA) is 342 Å². The van der Waals surface area contributed by atoms with Gasteiger partial charge >= 0.3 is 43.9 Å². The summed E-state index contributed by atoms with van der Waals surface area (Å²) >= 11 is 0. The maximum Gasteiger partial charge on any atom is 0.340 e. The molecule has 0 saturated heterocycles. The minimum atomic E-state index is -4.90. The molecule has 0 fully saturated rings. The van der Waals surface area contributed by atoms with E-state index in [1.54, 1.807) is 0 Å². The molecule has 0 atom stereocenters. The van der Waals surface area contributed by atoms with E-state index in [1.807, 2.05) is 6.92 Å². The van der Waals surface area contributed by atoms with Crippen molar-refractivity contribution in [2.75, 3.05) is 64.7 Å². The lowest BCUT2D eigenvalue weighted by Gasteiger charge is -2.33. The highest BCUT2D eigenvalue weighted by molar-refractivity contribution is 7.70. The van der Waals surface area contributed by atoms with Gasteiger partial charge in [-0.25, -0.2) is 4.79 Å². The van der Waals surface area contributed by atoms with Crippen molar-refractivity contribution in [3.05, 3.63) is 12.2 Å². The second kappa shape index (κ2) is 22.6. The van der Waals surface area contributed by atoms with Crippen LogP contribution in [0, 0.1) is 5.41 Å². The molecule has 0 aliphatic heterocycles. The van der Waals surface area contributed by atoms with E-state index in [0.29, 0.717) is 6.42 Å². The average molecular weight is 788 g/mol. The largest absolute Gasteiger partial charge is 0.462 e. The molecular weight excluding hydrogens is 739 g/mol. The molecule has 47 heavy (non-hydrogen) atoms. The molecule has 0 spiro atoms. The third-order valence-electron chi connectivity index (χ3n) is 5.83. The number of carbonyl (C=O) groups is 1. The molecule has 20 nitrogen and oxygen atoms in total. The minimum Gasteiger partial charge on any atom is -0.462 e. The van der Waals surface area contributed by atoms with Gasteiger partial charge in [0.25, 0.3) is 0 Å². The summed E-state index contributed by atoms with van der Waals surface area (Å²) in [5, 5.41) is -2.06. The molecule has 25 heteroatoms. The summed E-state index contributed by atoms with van der Waals surface area (Å²) in [6.45, 7) is 5.89. The predicted octanol–water partition coefficient (Wildman–Crippen LogP) is 1.31. The molecule has 0 amide bonds. The maximum absolute atomic E-state index is 11.0. The third-order valence-corrected chi connectivity index (χ3v) is 12.0. The molecule has 0 radical (unpaired) electrons. The van der Waals surface area contributed by atoms with Crippen LogP contribution in [0.1, 0.15) is 46.0 Å². The van der Waals surface area contributed by atoms with E-state index in [4.69, 9.17) is 63.1 Å². The van der Waals surface area contributed by atoms with Gasteiger partial charge in [0.05, 0.1) is 64.7 Å². The lowest BCUT2D eigenvalue weighted by molar-refractivity contribution is -0.139. The van der Waals surface area contributed by atoms with Crippen LogP contribution in [-0.4, -0.2) is 125 Å². The average Bonchev–Trinajstić information content (AvgIpc) is 2.87. The van der Waals surface area contributed by atoms with Crippen molar-refractivity contribution in [1.29, 1.82) is 0 Å². The molecule has 0 unspecified atom stereocenters. The first kappa shape index (κ1) is 49.0. The highest BCUT2D eigenvalue weighted by Crippen LogP contribution is 2.61. The molecular formula is C22H49O20P5. The van der Waals surface area contributed by atoms with Crippen LogP contribution in [0.3, 0.4) is 0 Å². The zero-order valence-corrected chi connectivity index (χ0v) is 30.7. The summed E-state index contributed by atoms with van der Waals surface area (Å²) in [5.74, 6) is -0.668. The molecule has 10 N–H and O–H groups in total. The van der Waals surface area contributed by atoms with Crippen molar-refractivity contribution in [2.45, 2.75) is 51.4 Å². The van der Waals surface area contributed by atoms with Gasteiger partial charge in [-0.1, -0.05) is 26.3 Å². The summed E-state index contributed by atoms with van der Waals surface area (Å²) in [6.07, 6.45) is 0.156. The normalized spacial score (nSPS) is 13.3. The Morgan fingerprint density at radius 2 is 1.02 bits per heavy atom. The van der Waals surface area contributed by atoms with Crippen LogP contribution in [0.15, 0.2) is 12.2 Å². The van der Waals surface area contributed by atoms with Crippen LogP contribution in [-0.2, 0) is 46.6 Å². The van der Waals surface area contributed by atoms with Gasteiger partial charge in [-0.15, -0.1) is 0 Å². The Morgan fingerprint density at radius 1 is 0.660 bits per heavy atom. The van der Waals surface area contributed by atoms with E-state index >= 15 is 0 Å². The summed E-state index contributed by atoms with van der Waals surface area (Å²) in [6, 6.07) is 0. The van der Waals surface area contributed by atoms with Crippen LogP contribution in [0.25, 0.3) is 0 Å². The first-order valence-electron chi connectivity index (χ1n) is 13.9. The lowest BCUT2D eigenvalue weighted by atomic mass is 9.85. The van der Waals surface area contributed by atoms with Gasteiger partial charge in [-0.05, 0) is 26.2 Å². The van der Waals surface area contributed by atoms with Gasteiger partial charge in [0.2, 0.25) is 0 Å². The van der Waals surface area contributed by atoms with Crippen molar-refractivity contribution < 1.29 is 95.5 Å². The van der Waals surface area contributed by atoms with E-state index < -0.39 is 79.7 Å². The first-order chi connectivity index (χ1) is 21.1. The number of esters is 1. The zero-order chi connectivity index (χ0) is 37.2. The summed E-state index contributed by atoms with van der Waals surface area (Å²) in [4.78, 5) is 99.7. The number of hydrogen-bond donors (Lipinski definition) is 10. The molecule has 0 aliphatic rings. The van der Waals surface area contributed by atoms with E-state index in [0.717, 1.165) is 12.8 Å². The van der Waals surface area contributed by atoms with Gasteiger partial charge < -0.3 is 67.9 Å². The number of carbonyl (C=O) groups excluding carboxylic acids is 1.